The number of hydrogen-bond donors (Lipinski definition) is 1. The highest BCUT2D eigenvalue weighted by Crippen LogP contribution is 2.32. The maximum atomic E-state index is 13.1. The summed E-state index contributed by atoms with van der Waals surface area (Å²) in [4.78, 5) is 28.0. The Morgan fingerprint density at radius 2 is 1.83 bits per heavy atom. The fourth-order valence-corrected chi connectivity index (χ4v) is 4.48. The Hall–Kier alpha value is -2.66. The molecule has 2 aliphatic rings. The largest absolute Gasteiger partial charge is 0.368 e. The van der Waals surface area contributed by atoms with Crippen molar-refractivity contribution < 1.29 is 14.3 Å². The molecule has 2 saturated heterocycles. The van der Waals surface area contributed by atoms with E-state index in [-0.39, 0.29) is 29.8 Å². The van der Waals surface area contributed by atoms with E-state index in [0.29, 0.717) is 19.7 Å². The number of carbonyl (C=O) groups is 2. The molecule has 0 spiro atoms. The van der Waals surface area contributed by atoms with Gasteiger partial charge in [0.15, 0.2) is 0 Å². The van der Waals surface area contributed by atoms with Crippen molar-refractivity contribution in [1.29, 1.82) is 0 Å². The summed E-state index contributed by atoms with van der Waals surface area (Å²) in [6.45, 7) is 3.87. The molecule has 2 amide bonds. The summed E-state index contributed by atoms with van der Waals surface area (Å²) in [6.07, 6.45) is 3.07. The molecule has 4 rings (SSSR count). The third-order valence-electron chi connectivity index (χ3n) is 6.24. The molecule has 158 valence electrons. The van der Waals surface area contributed by atoms with Crippen molar-refractivity contribution in [2.45, 2.75) is 44.6 Å². The van der Waals surface area contributed by atoms with Crippen molar-refractivity contribution in [3.8, 4) is 0 Å². The maximum Gasteiger partial charge on any atom is 0.251 e. The summed E-state index contributed by atoms with van der Waals surface area (Å²) in [6, 6.07) is 18.1. The van der Waals surface area contributed by atoms with E-state index in [1.807, 2.05) is 35.2 Å². The molecular formula is C25H30N2O3. The SMILES string of the molecule is CCc1ccc(C2CC(C(=O)Nc3ccccc3)CN(C(=O)C3CCCO3)C2)cc1. The summed E-state index contributed by atoms with van der Waals surface area (Å²) in [5.41, 5.74) is 3.27. The molecule has 0 radical (unpaired) electrons. The Morgan fingerprint density at radius 3 is 2.50 bits per heavy atom. The summed E-state index contributed by atoms with van der Waals surface area (Å²) in [5.74, 6) is -0.109. The van der Waals surface area contributed by atoms with Gasteiger partial charge in [0, 0.05) is 31.3 Å². The fraction of sp³-hybridized carbons (Fsp3) is 0.440. The summed E-state index contributed by atoms with van der Waals surface area (Å²) in [7, 11) is 0. The lowest BCUT2D eigenvalue weighted by Crippen LogP contribution is -2.49. The Morgan fingerprint density at radius 1 is 1.07 bits per heavy atom. The van der Waals surface area contributed by atoms with Crippen LogP contribution in [0, 0.1) is 5.92 Å². The van der Waals surface area contributed by atoms with Crippen LogP contribution >= 0.6 is 0 Å². The van der Waals surface area contributed by atoms with Gasteiger partial charge in [-0.1, -0.05) is 49.4 Å². The highest BCUT2D eigenvalue weighted by atomic mass is 16.5. The van der Waals surface area contributed by atoms with Crippen LogP contribution in [0.4, 0.5) is 5.69 Å². The van der Waals surface area contributed by atoms with Gasteiger partial charge in [0.25, 0.3) is 5.91 Å². The predicted molar refractivity (Wildman–Crippen MR) is 117 cm³/mol. The third kappa shape index (κ3) is 4.73. The molecule has 3 unspecified atom stereocenters. The number of rotatable bonds is 5. The van der Waals surface area contributed by atoms with Gasteiger partial charge in [0.1, 0.15) is 6.10 Å². The lowest BCUT2D eigenvalue weighted by atomic mass is 9.83. The van der Waals surface area contributed by atoms with Crippen LogP contribution in [0.2, 0.25) is 0 Å². The number of carbonyl (C=O) groups excluding carboxylic acids is 2. The zero-order chi connectivity index (χ0) is 20.9. The van der Waals surface area contributed by atoms with Gasteiger partial charge in [-0.05, 0) is 48.9 Å². The molecule has 5 heteroatoms. The second kappa shape index (κ2) is 9.43. The topological polar surface area (TPSA) is 58.6 Å². The van der Waals surface area contributed by atoms with Crippen molar-refractivity contribution in [1.82, 2.24) is 4.90 Å². The smallest absolute Gasteiger partial charge is 0.251 e. The van der Waals surface area contributed by atoms with Crippen LogP contribution in [-0.2, 0) is 20.7 Å². The molecular weight excluding hydrogens is 376 g/mol. The molecule has 2 aromatic rings. The summed E-state index contributed by atoms with van der Waals surface area (Å²) < 4.78 is 5.64. The normalized spacial score (nSPS) is 23.9. The standard InChI is InChI=1S/C25H30N2O3/c1-2-18-10-12-19(13-11-18)20-15-21(24(28)26-22-7-4-3-5-8-22)17-27(16-20)25(29)23-9-6-14-30-23/h3-5,7-8,10-13,20-21,23H,2,6,9,14-17H2,1H3,(H,26,28). The van der Waals surface area contributed by atoms with Crippen LogP contribution in [-0.4, -0.2) is 42.5 Å². The molecule has 0 bridgehead atoms. The van der Waals surface area contributed by atoms with Gasteiger partial charge in [-0.15, -0.1) is 0 Å². The van der Waals surface area contributed by atoms with Gasteiger partial charge >= 0.3 is 0 Å². The number of benzene rings is 2. The van der Waals surface area contributed by atoms with Crippen LogP contribution in [0.25, 0.3) is 0 Å². The van der Waals surface area contributed by atoms with Crippen LogP contribution < -0.4 is 5.32 Å². The molecule has 3 atom stereocenters. The average molecular weight is 407 g/mol. The fourth-order valence-electron chi connectivity index (χ4n) is 4.48. The first-order valence-electron chi connectivity index (χ1n) is 11.0. The highest BCUT2D eigenvalue weighted by Gasteiger charge is 2.37. The number of hydrogen-bond acceptors (Lipinski definition) is 3. The molecule has 2 aromatic carbocycles. The number of para-hydroxylation sites is 1. The molecule has 2 aliphatic heterocycles. The number of piperidine rings is 1. The lowest BCUT2D eigenvalue weighted by Gasteiger charge is -2.38. The molecule has 0 saturated carbocycles. The number of nitrogens with zero attached hydrogens (tertiary/aromatic N) is 1. The molecule has 2 fully saturated rings. The van der Waals surface area contributed by atoms with E-state index < -0.39 is 0 Å². The Kier molecular flexibility index (Phi) is 6.48. The summed E-state index contributed by atoms with van der Waals surface area (Å²) >= 11 is 0. The quantitative estimate of drug-likeness (QED) is 0.817. The first kappa shape index (κ1) is 20.6. The summed E-state index contributed by atoms with van der Waals surface area (Å²) in [5, 5.41) is 3.02. The second-order valence-corrected chi connectivity index (χ2v) is 8.32. The first-order chi connectivity index (χ1) is 14.6. The van der Waals surface area contributed by atoms with E-state index in [9.17, 15) is 9.59 Å². The van der Waals surface area contributed by atoms with Crippen LogP contribution in [0.1, 0.15) is 43.2 Å². The van der Waals surface area contributed by atoms with Gasteiger partial charge < -0.3 is 15.0 Å². The van der Waals surface area contributed by atoms with Crippen LogP contribution in [0.3, 0.4) is 0 Å². The van der Waals surface area contributed by atoms with E-state index in [0.717, 1.165) is 31.4 Å². The molecule has 0 aliphatic carbocycles. The Bertz CT molecular complexity index is 860. The number of aryl methyl sites for hydroxylation is 1. The minimum absolute atomic E-state index is 0.0266. The number of ether oxygens (including phenoxy) is 1. The van der Waals surface area contributed by atoms with E-state index in [1.54, 1.807) is 0 Å². The molecule has 1 N–H and O–H groups in total. The van der Waals surface area contributed by atoms with E-state index in [1.165, 1.54) is 11.1 Å². The number of anilines is 1. The van der Waals surface area contributed by atoms with E-state index >= 15 is 0 Å². The Labute approximate surface area is 178 Å². The van der Waals surface area contributed by atoms with Gasteiger partial charge in [-0.25, -0.2) is 0 Å². The minimum atomic E-state index is -0.357. The molecule has 5 nitrogen and oxygen atoms in total. The van der Waals surface area contributed by atoms with Gasteiger partial charge in [0.05, 0.1) is 5.92 Å². The van der Waals surface area contributed by atoms with E-state index in [2.05, 4.69) is 36.5 Å². The van der Waals surface area contributed by atoms with Crippen LogP contribution in [0.15, 0.2) is 54.6 Å². The van der Waals surface area contributed by atoms with Crippen molar-refractivity contribution in [2.24, 2.45) is 5.92 Å². The van der Waals surface area contributed by atoms with Gasteiger partial charge in [0.2, 0.25) is 5.91 Å². The monoisotopic (exact) mass is 406 g/mol. The number of nitrogens with one attached hydrogen (secondary N) is 1. The van der Waals surface area contributed by atoms with Crippen molar-refractivity contribution in [3.63, 3.8) is 0 Å². The highest BCUT2D eigenvalue weighted by molar-refractivity contribution is 5.93. The van der Waals surface area contributed by atoms with Crippen molar-refractivity contribution in [3.05, 3.63) is 65.7 Å². The number of likely N-dealkylation sites (tertiary alicyclic amines) is 1. The molecule has 30 heavy (non-hydrogen) atoms. The average Bonchev–Trinajstić information content (AvgIpc) is 3.34. The Balaban J connectivity index is 1.53. The van der Waals surface area contributed by atoms with Crippen molar-refractivity contribution in [2.75, 3.05) is 25.0 Å². The third-order valence-corrected chi connectivity index (χ3v) is 6.24. The molecule has 0 aromatic heterocycles. The van der Waals surface area contributed by atoms with Gasteiger partial charge in [-0.3, -0.25) is 9.59 Å². The van der Waals surface area contributed by atoms with Crippen molar-refractivity contribution >= 4 is 17.5 Å². The minimum Gasteiger partial charge on any atom is -0.368 e. The maximum absolute atomic E-state index is 13.1. The molecule has 2 heterocycles. The first-order valence-corrected chi connectivity index (χ1v) is 11.0. The van der Waals surface area contributed by atoms with E-state index in [4.69, 9.17) is 4.74 Å². The second-order valence-electron chi connectivity index (χ2n) is 8.32. The zero-order valence-corrected chi connectivity index (χ0v) is 17.5. The lowest BCUT2D eigenvalue weighted by molar-refractivity contribution is -0.144. The van der Waals surface area contributed by atoms with Gasteiger partial charge in [-0.2, -0.15) is 0 Å². The van der Waals surface area contributed by atoms with Crippen LogP contribution in [0.5, 0.6) is 0 Å². The zero-order valence-electron chi connectivity index (χ0n) is 17.5. The predicted octanol–water partition coefficient (Wildman–Crippen LogP) is 4.00. The number of amides is 2.